The Morgan fingerprint density at radius 2 is 1.08 bits per heavy atom. The summed E-state index contributed by atoms with van der Waals surface area (Å²) in [5, 5.41) is 0. The summed E-state index contributed by atoms with van der Waals surface area (Å²) in [6.45, 7) is 0. The van der Waals surface area contributed by atoms with E-state index in [0.717, 1.165) is 12.8 Å². The summed E-state index contributed by atoms with van der Waals surface area (Å²) in [6, 6.07) is 15.6. The molecule has 1 saturated carbocycles. The molecular weight excluding hydrogens is 558 g/mol. The molecule has 0 heterocycles. The lowest BCUT2D eigenvalue weighted by molar-refractivity contribution is 0.229. The molecule has 1 aliphatic carbocycles. The molecule has 0 N–H and O–H groups in total. The van der Waals surface area contributed by atoms with Crippen LogP contribution < -0.4 is 9.47 Å². The van der Waals surface area contributed by atoms with Crippen molar-refractivity contribution in [2.75, 3.05) is 0 Å². The number of carbonyl (C=O) groups excluding carboxylic acids is 2. The highest BCUT2D eigenvalue weighted by molar-refractivity contribution is 14.1. The zero-order chi connectivity index (χ0) is 18.6. The summed E-state index contributed by atoms with van der Waals surface area (Å²) in [5.74, 6) is 1.12. The third kappa shape index (κ3) is 4.57. The van der Waals surface area contributed by atoms with Crippen LogP contribution in [0.3, 0.4) is 0 Å². The van der Waals surface area contributed by atoms with Crippen LogP contribution in [0.4, 0.5) is 9.59 Å². The van der Waals surface area contributed by atoms with Gasteiger partial charge in [0, 0.05) is 5.41 Å². The Balaban J connectivity index is 1.93. The maximum Gasteiger partial charge on any atom is 0.372 e. The number of carbonyl (C=O) groups is 2. The summed E-state index contributed by atoms with van der Waals surface area (Å²) >= 11 is 3.25. The fourth-order valence-corrected chi connectivity index (χ4v) is 4.28. The number of benzene rings is 2. The van der Waals surface area contributed by atoms with Gasteiger partial charge in [-0.1, -0.05) is 43.5 Å². The first-order valence-corrected chi connectivity index (χ1v) is 10.6. The Hall–Kier alpha value is -1.16. The predicted molar refractivity (Wildman–Crippen MR) is 117 cm³/mol. The molecule has 0 amide bonds. The SMILES string of the molecule is O=C(I)Oc1ccc(C2(c3ccc(OC(=O)I)cc3)CCCCC2)cc1. The number of halogens is 2. The van der Waals surface area contributed by atoms with E-state index >= 15 is 0 Å². The summed E-state index contributed by atoms with van der Waals surface area (Å²) in [6.07, 6.45) is 5.74. The molecule has 0 unspecified atom stereocenters. The molecule has 6 heteroatoms. The zero-order valence-electron chi connectivity index (χ0n) is 14.0. The average Bonchev–Trinajstić information content (AvgIpc) is 2.62. The van der Waals surface area contributed by atoms with E-state index in [1.165, 1.54) is 30.4 Å². The molecule has 136 valence electrons. The quantitative estimate of drug-likeness (QED) is 0.297. The molecule has 0 bridgehead atoms. The standard InChI is InChI=1S/C20H18I2O4/c21-18(23)25-16-8-4-14(5-9-16)20(12-2-1-3-13-20)15-6-10-17(11-7-15)26-19(22)24/h4-11H,1-3,12-13H2. The van der Waals surface area contributed by atoms with Gasteiger partial charge in [0.2, 0.25) is 0 Å². The van der Waals surface area contributed by atoms with Crippen LogP contribution in [0.2, 0.25) is 0 Å². The molecule has 0 atom stereocenters. The lowest BCUT2D eigenvalue weighted by atomic mass is 9.65. The smallest absolute Gasteiger partial charge is 0.372 e. The topological polar surface area (TPSA) is 52.6 Å². The van der Waals surface area contributed by atoms with E-state index in [9.17, 15) is 9.59 Å². The van der Waals surface area contributed by atoms with E-state index < -0.39 is 0 Å². The van der Waals surface area contributed by atoms with Crippen LogP contribution in [0.5, 0.6) is 11.5 Å². The lowest BCUT2D eigenvalue weighted by Gasteiger charge is -2.38. The number of hydrogen-bond acceptors (Lipinski definition) is 4. The van der Waals surface area contributed by atoms with E-state index in [2.05, 4.69) is 24.3 Å². The summed E-state index contributed by atoms with van der Waals surface area (Å²) < 4.78 is 9.60. The fourth-order valence-electron chi connectivity index (χ4n) is 3.77. The second-order valence-corrected chi connectivity index (χ2v) is 8.13. The van der Waals surface area contributed by atoms with Crippen molar-refractivity contribution in [3.8, 4) is 11.5 Å². The van der Waals surface area contributed by atoms with Gasteiger partial charge >= 0.3 is 7.95 Å². The minimum Gasteiger partial charge on any atom is -0.419 e. The van der Waals surface area contributed by atoms with Crippen LogP contribution in [0.25, 0.3) is 0 Å². The van der Waals surface area contributed by atoms with Gasteiger partial charge in [-0.2, -0.15) is 0 Å². The molecule has 2 aromatic rings. The summed E-state index contributed by atoms with van der Waals surface area (Å²) in [4.78, 5) is 22.2. The maximum atomic E-state index is 11.1. The van der Waals surface area contributed by atoms with E-state index in [-0.39, 0.29) is 13.4 Å². The lowest BCUT2D eigenvalue weighted by Crippen LogP contribution is -2.30. The highest BCUT2D eigenvalue weighted by atomic mass is 127. The van der Waals surface area contributed by atoms with Gasteiger partial charge in [0.1, 0.15) is 11.5 Å². The van der Waals surface area contributed by atoms with Crippen molar-refractivity contribution >= 4 is 53.1 Å². The normalized spacial score (nSPS) is 15.9. The van der Waals surface area contributed by atoms with Gasteiger partial charge in [0.25, 0.3) is 0 Å². The Labute approximate surface area is 179 Å². The van der Waals surface area contributed by atoms with Crippen LogP contribution in [0.15, 0.2) is 48.5 Å². The first-order chi connectivity index (χ1) is 12.5. The van der Waals surface area contributed by atoms with Gasteiger partial charge in [0.05, 0.1) is 45.2 Å². The van der Waals surface area contributed by atoms with Crippen molar-refractivity contribution in [2.24, 2.45) is 0 Å². The van der Waals surface area contributed by atoms with Crippen LogP contribution in [-0.4, -0.2) is 7.95 Å². The highest BCUT2D eigenvalue weighted by Gasteiger charge is 2.35. The van der Waals surface area contributed by atoms with Gasteiger partial charge in [-0.25, -0.2) is 9.59 Å². The van der Waals surface area contributed by atoms with Gasteiger partial charge in [0.15, 0.2) is 0 Å². The van der Waals surface area contributed by atoms with E-state index in [4.69, 9.17) is 9.47 Å². The average molecular weight is 576 g/mol. The minimum atomic E-state index is -0.344. The third-order valence-corrected chi connectivity index (χ3v) is 5.36. The summed E-state index contributed by atoms with van der Waals surface area (Å²) in [5.41, 5.74) is 2.39. The molecule has 0 saturated heterocycles. The van der Waals surface area contributed by atoms with Crippen molar-refractivity contribution in [2.45, 2.75) is 37.5 Å². The largest absolute Gasteiger partial charge is 0.419 e. The van der Waals surface area contributed by atoms with Gasteiger partial charge < -0.3 is 9.47 Å². The Morgan fingerprint density at radius 3 is 1.42 bits per heavy atom. The fraction of sp³-hybridized carbons (Fsp3) is 0.300. The zero-order valence-corrected chi connectivity index (χ0v) is 18.4. The van der Waals surface area contributed by atoms with Gasteiger partial charge in [-0.3, -0.25) is 0 Å². The number of hydrogen-bond donors (Lipinski definition) is 0. The molecule has 2 aromatic carbocycles. The highest BCUT2D eigenvalue weighted by Crippen LogP contribution is 2.45. The second-order valence-electron chi connectivity index (χ2n) is 6.37. The van der Waals surface area contributed by atoms with Crippen LogP contribution in [-0.2, 0) is 5.41 Å². The minimum absolute atomic E-state index is 0.0576. The molecule has 1 fully saturated rings. The van der Waals surface area contributed by atoms with Crippen LogP contribution in [0.1, 0.15) is 43.2 Å². The predicted octanol–water partition coefficient (Wildman–Crippen LogP) is 6.80. The third-order valence-electron chi connectivity index (χ3n) is 4.92. The van der Waals surface area contributed by atoms with Gasteiger partial charge in [-0.15, -0.1) is 0 Å². The van der Waals surface area contributed by atoms with Crippen molar-refractivity contribution < 1.29 is 19.1 Å². The number of ether oxygens (including phenoxy) is 2. The molecule has 1 aliphatic rings. The van der Waals surface area contributed by atoms with Crippen LogP contribution in [0, 0.1) is 0 Å². The van der Waals surface area contributed by atoms with Crippen molar-refractivity contribution in [3.63, 3.8) is 0 Å². The maximum absolute atomic E-state index is 11.1. The second kappa shape index (κ2) is 8.69. The van der Waals surface area contributed by atoms with Gasteiger partial charge in [-0.05, 0) is 48.2 Å². The Kier molecular flexibility index (Phi) is 6.55. The monoisotopic (exact) mass is 576 g/mol. The molecule has 0 radical (unpaired) electrons. The Bertz CT molecular complexity index is 717. The first-order valence-electron chi connectivity index (χ1n) is 8.45. The van der Waals surface area contributed by atoms with Crippen molar-refractivity contribution in [1.29, 1.82) is 0 Å². The Morgan fingerprint density at radius 1 is 0.692 bits per heavy atom. The molecule has 26 heavy (non-hydrogen) atoms. The van der Waals surface area contributed by atoms with E-state index in [1.807, 2.05) is 24.3 Å². The van der Waals surface area contributed by atoms with E-state index in [0.29, 0.717) is 11.5 Å². The van der Waals surface area contributed by atoms with Crippen LogP contribution >= 0.6 is 45.2 Å². The number of rotatable bonds is 4. The van der Waals surface area contributed by atoms with Crippen molar-refractivity contribution in [1.82, 2.24) is 0 Å². The molecule has 3 rings (SSSR count). The summed E-state index contributed by atoms with van der Waals surface area (Å²) in [7, 11) is 0. The molecule has 0 spiro atoms. The molecular formula is C20H18I2O4. The molecule has 0 aliphatic heterocycles. The van der Waals surface area contributed by atoms with Crippen molar-refractivity contribution in [3.05, 3.63) is 59.7 Å². The van der Waals surface area contributed by atoms with E-state index in [1.54, 1.807) is 45.2 Å². The molecule has 4 nitrogen and oxygen atoms in total. The first kappa shape index (κ1) is 19.6. The molecule has 0 aromatic heterocycles.